The van der Waals surface area contributed by atoms with Gasteiger partial charge in [-0.25, -0.2) is 15.0 Å². The van der Waals surface area contributed by atoms with Crippen LogP contribution in [-0.4, -0.2) is 40.5 Å². The molecule has 5 nitrogen and oxygen atoms in total. The van der Waals surface area contributed by atoms with Crippen LogP contribution in [0.4, 0.5) is 19.0 Å². The van der Waals surface area contributed by atoms with Crippen molar-refractivity contribution in [3.63, 3.8) is 0 Å². The van der Waals surface area contributed by atoms with Crippen LogP contribution < -0.4 is 4.90 Å². The van der Waals surface area contributed by atoms with Crippen molar-refractivity contribution in [2.24, 2.45) is 0 Å². The van der Waals surface area contributed by atoms with Crippen molar-refractivity contribution in [2.75, 3.05) is 25.5 Å². The quantitative estimate of drug-likeness (QED) is 0.861. The van der Waals surface area contributed by atoms with E-state index in [9.17, 15) is 13.2 Å². The first-order chi connectivity index (χ1) is 11.3. The molecule has 0 aromatic carbocycles. The van der Waals surface area contributed by atoms with Crippen LogP contribution in [0.1, 0.15) is 22.6 Å². The highest BCUT2D eigenvalue weighted by Gasteiger charge is 2.35. The lowest BCUT2D eigenvalue weighted by molar-refractivity contribution is -0.145. The van der Waals surface area contributed by atoms with E-state index in [0.29, 0.717) is 31.7 Å². The second-order valence-corrected chi connectivity index (χ2v) is 6.00. The molecular weight excluding hydrogens is 319 g/mol. The van der Waals surface area contributed by atoms with E-state index < -0.39 is 12.0 Å². The van der Waals surface area contributed by atoms with Crippen LogP contribution in [0, 0.1) is 0 Å². The zero-order valence-electron chi connectivity index (χ0n) is 13.5. The summed E-state index contributed by atoms with van der Waals surface area (Å²) in [5.74, 6) is -0.163. The van der Waals surface area contributed by atoms with Gasteiger partial charge in [0.25, 0.3) is 0 Å². The standard InChI is InChI=1S/C16H18F3N5/c1-23(2)14-11(4-3-6-20-14)9-24-7-5-13-12(10-24)8-21-15(22-13)16(17,18)19/h3-4,6,8H,5,7,9-10H2,1-2H3. The van der Waals surface area contributed by atoms with Crippen molar-refractivity contribution in [3.05, 3.63) is 47.2 Å². The van der Waals surface area contributed by atoms with Crippen LogP contribution in [0.15, 0.2) is 24.5 Å². The molecule has 0 N–H and O–H groups in total. The highest BCUT2D eigenvalue weighted by molar-refractivity contribution is 5.45. The molecule has 8 heteroatoms. The number of fused-ring (bicyclic) bond motifs is 1. The van der Waals surface area contributed by atoms with E-state index in [1.54, 1.807) is 6.20 Å². The lowest BCUT2D eigenvalue weighted by atomic mass is 10.1. The van der Waals surface area contributed by atoms with Crippen molar-refractivity contribution in [1.29, 1.82) is 0 Å². The first-order valence-electron chi connectivity index (χ1n) is 7.60. The average Bonchev–Trinajstić information content (AvgIpc) is 2.53. The molecule has 0 bridgehead atoms. The normalized spacial score (nSPS) is 15.2. The smallest absolute Gasteiger partial charge is 0.362 e. The Balaban J connectivity index is 1.77. The van der Waals surface area contributed by atoms with E-state index >= 15 is 0 Å². The van der Waals surface area contributed by atoms with Gasteiger partial charge in [0.15, 0.2) is 0 Å². The van der Waals surface area contributed by atoms with Crippen molar-refractivity contribution in [3.8, 4) is 0 Å². The molecule has 0 unspecified atom stereocenters. The zero-order valence-corrected chi connectivity index (χ0v) is 13.5. The monoisotopic (exact) mass is 337 g/mol. The minimum absolute atomic E-state index is 0.485. The number of rotatable bonds is 3. The summed E-state index contributed by atoms with van der Waals surface area (Å²) in [4.78, 5) is 15.7. The molecule has 0 spiro atoms. The largest absolute Gasteiger partial charge is 0.451 e. The summed E-state index contributed by atoms with van der Waals surface area (Å²) in [6.45, 7) is 1.88. The molecule has 0 saturated carbocycles. The van der Waals surface area contributed by atoms with Gasteiger partial charge in [-0.3, -0.25) is 4.90 Å². The third kappa shape index (κ3) is 3.48. The van der Waals surface area contributed by atoms with Crippen LogP contribution in [0.25, 0.3) is 0 Å². The molecule has 3 rings (SSSR count). The van der Waals surface area contributed by atoms with E-state index in [4.69, 9.17) is 0 Å². The number of pyridine rings is 1. The van der Waals surface area contributed by atoms with E-state index in [2.05, 4.69) is 19.9 Å². The molecule has 2 aromatic rings. The molecule has 1 aliphatic rings. The van der Waals surface area contributed by atoms with Crippen molar-refractivity contribution in [1.82, 2.24) is 19.9 Å². The summed E-state index contributed by atoms with van der Waals surface area (Å²) in [5.41, 5.74) is 2.33. The number of aromatic nitrogens is 3. The molecule has 0 aliphatic carbocycles. The van der Waals surface area contributed by atoms with Gasteiger partial charge in [0.2, 0.25) is 5.82 Å². The molecule has 0 amide bonds. The molecule has 0 atom stereocenters. The first kappa shape index (κ1) is 16.6. The summed E-state index contributed by atoms with van der Waals surface area (Å²) >= 11 is 0. The number of hydrogen-bond donors (Lipinski definition) is 0. The third-order valence-corrected chi connectivity index (χ3v) is 3.95. The molecular formula is C16H18F3N5. The topological polar surface area (TPSA) is 45.2 Å². The van der Waals surface area contributed by atoms with Gasteiger partial charge in [0.1, 0.15) is 5.82 Å². The van der Waals surface area contributed by atoms with Crippen molar-refractivity contribution >= 4 is 5.82 Å². The summed E-state index contributed by atoms with van der Waals surface area (Å²) in [6.07, 6.45) is -0.967. The minimum atomic E-state index is -4.50. The molecule has 24 heavy (non-hydrogen) atoms. The van der Waals surface area contributed by atoms with E-state index in [1.165, 1.54) is 6.20 Å². The molecule has 3 heterocycles. The van der Waals surface area contributed by atoms with Gasteiger partial charge >= 0.3 is 6.18 Å². The lowest BCUT2D eigenvalue weighted by Crippen LogP contribution is -2.32. The second-order valence-electron chi connectivity index (χ2n) is 6.00. The Morgan fingerprint density at radius 3 is 2.75 bits per heavy atom. The molecule has 0 fully saturated rings. The second kappa shape index (κ2) is 6.35. The molecule has 2 aromatic heterocycles. The fourth-order valence-corrected chi connectivity index (χ4v) is 2.84. The number of anilines is 1. The third-order valence-electron chi connectivity index (χ3n) is 3.95. The molecule has 128 valence electrons. The summed E-state index contributed by atoms with van der Waals surface area (Å²) in [7, 11) is 3.87. The van der Waals surface area contributed by atoms with E-state index in [0.717, 1.165) is 16.9 Å². The van der Waals surface area contributed by atoms with Crippen molar-refractivity contribution < 1.29 is 13.2 Å². The van der Waals surface area contributed by atoms with E-state index in [1.807, 2.05) is 31.1 Å². The van der Waals surface area contributed by atoms with Gasteiger partial charge in [-0.15, -0.1) is 0 Å². The highest BCUT2D eigenvalue weighted by Crippen LogP contribution is 2.28. The van der Waals surface area contributed by atoms with Crippen LogP contribution in [-0.2, 0) is 25.7 Å². The number of hydrogen-bond acceptors (Lipinski definition) is 5. The van der Waals surface area contributed by atoms with Crippen LogP contribution in [0.2, 0.25) is 0 Å². The molecule has 0 radical (unpaired) electrons. The van der Waals surface area contributed by atoms with Gasteiger partial charge in [-0.05, 0) is 6.07 Å². The lowest BCUT2D eigenvalue weighted by Gasteiger charge is -2.29. The van der Waals surface area contributed by atoms with E-state index in [-0.39, 0.29) is 0 Å². The summed E-state index contributed by atoms with van der Waals surface area (Å²) in [5, 5.41) is 0. The Bertz CT molecular complexity index is 730. The Labute approximate surface area is 138 Å². The Hall–Kier alpha value is -2.22. The fourth-order valence-electron chi connectivity index (χ4n) is 2.84. The number of halogens is 3. The SMILES string of the molecule is CN(C)c1ncccc1CN1CCc2nc(C(F)(F)F)ncc2C1. The van der Waals surface area contributed by atoms with Crippen molar-refractivity contribution in [2.45, 2.75) is 25.7 Å². The summed E-state index contributed by atoms with van der Waals surface area (Å²) in [6, 6.07) is 3.90. The maximum absolute atomic E-state index is 12.7. The Morgan fingerprint density at radius 2 is 2.04 bits per heavy atom. The maximum Gasteiger partial charge on any atom is 0.451 e. The summed E-state index contributed by atoms with van der Waals surface area (Å²) < 4.78 is 38.1. The average molecular weight is 337 g/mol. The zero-order chi connectivity index (χ0) is 17.3. The Kier molecular flexibility index (Phi) is 4.40. The van der Waals surface area contributed by atoms with Gasteiger partial charge in [-0.1, -0.05) is 6.07 Å². The maximum atomic E-state index is 12.7. The molecule has 0 saturated heterocycles. The fraction of sp³-hybridized carbons (Fsp3) is 0.438. The number of alkyl halides is 3. The first-order valence-corrected chi connectivity index (χ1v) is 7.60. The minimum Gasteiger partial charge on any atom is -0.362 e. The predicted octanol–water partition coefficient (Wildman–Crippen LogP) is 2.51. The van der Waals surface area contributed by atoms with Crippen LogP contribution in [0.3, 0.4) is 0 Å². The Morgan fingerprint density at radius 1 is 1.25 bits per heavy atom. The van der Waals surface area contributed by atoms with Gasteiger partial charge in [-0.2, -0.15) is 13.2 Å². The van der Waals surface area contributed by atoms with Crippen LogP contribution >= 0.6 is 0 Å². The van der Waals surface area contributed by atoms with Gasteiger partial charge in [0, 0.05) is 63.7 Å². The van der Waals surface area contributed by atoms with Crippen LogP contribution in [0.5, 0.6) is 0 Å². The predicted molar refractivity (Wildman–Crippen MR) is 83.4 cm³/mol. The highest BCUT2D eigenvalue weighted by atomic mass is 19.4. The van der Waals surface area contributed by atoms with Gasteiger partial charge < -0.3 is 4.90 Å². The van der Waals surface area contributed by atoms with Gasteiger partial charge in [0.05, 0.1) is 5.69 Å². The number of nitrogens with zero attached hydrogens (tertiary/aromatic N) is 5. The molecule has 1 aliphatic heterocycles.